The minimum atomic E-state index is -2.98. The van der Waals surface area contributed by atoms with E-state index in [4.69, 9.17) is 4.74 Å². The summed E-state index contributed by atoms with van der Waals surface area (Å²) < 4.78 is 27.7. The van der Waals surface area contributed by atoms with Crippen LogP contribution in [0.25, 0.3) is 0 Å². The first kappa shape index (κ1) is 21.0. The Labute approximate surface area is 149 Å². The van der Waals surface area contributed by atoms with E-state index in [9.17, 15) is 8.42 Å². The lowest BCUT2D eigenvalue weighted by Crippen LogP contribution is -2.39. The summed E-state index contributed by atoms with van der Waals surface area (Å²) in [5, 5.41) is 6.15. The van der Waals surface area contributed by atoms with Crippen LogP contribution < -0.4 is 15.4 Å². The zero-order valence-electron chi connectivity index (χ0n) is 12.9. The molecule has 22 heavy (non-hydrogen) atoms. The van der Waals surface area contributed by atoms with Crippen molar-refractivity contribution in [2.75, 3.05) is 38.2 Å². The van der Waals surface area contributed by atoms with Gasteiger partial charge in [-0.2, -0.15) is 0 Å². The Morgan fingerprint density at radius 2 is 1.91 bits per heavy atom. The summed E-state index contributed by atoms with van der Waals surface area (Å²) in [6.45, 7) is 3.99. The third-order valence-corrected chi connectivity index (χ3v) is 3.41. The highest BCUT2D eigenvalue weighted by atomic mass is 127. The predicted molar refractivity (Wildman–Crippen MR) is 101 cm³/mol. The largest absolute Gasteiger partial charge is 0.492 e. The van der Waals surface area contributed by atoms with E-state index in [-0.39, 0.29) is 36.3 Å². The normalized spacial score (nSPS) is 11.5. The molecule has 1 aromatic rings. The maximum Gasteiger partial charge on any atom is 0.191 e. The number of aliphatic imine (C=N–C) groups is 1. The fourth-order valence-corrected chi connectivity index (χ4v) is 1.94. The van der Waals surface area contributed by atoms with Gasteiger partial charge in [-0.05, 0) is 19.1 Å². The highest BCUT2D eigenvalue weighted by molar-refractivity contribution is 14.0. The van der Waals surface area contributed by atoms with Gasteiger partial charge in [-0.3, -0.25) is 4.99 Å². The van der Waals surface area contributed by atoms with E-state index in [0.29, 0.717) is 25.7 Å². The van der Waals surface area contributed by atoms with Crippen LogP contribution in [0.2, 0.25) is 0 Å². The molecule has 0 saturated carbocycles. The monoisotopic (exact) mass is 441 g/mol. The molecule has 1 rings (SSSR count). The highest BCUT2D eigenvalue weighted by Gasteiger charge is 2.02. The molecule has 0 aliphatic heterocycles. The number of hydrogen-bond donors (Lipinski definition) is 2. The van der Waals surface area contributed by atoms with Crippen LogP contribution in [-0.4, -0.2) is 52.6 Å². The van der Waals surface area contributed by atoms with E-state index in [0.717, 1.165) is 5.75 Å². The molecule has 0 aliphatic carbocycles. The Morgan fingerprint density at radius 3 is 2.50 bits per heavy atom. The summed E-state index contributed by atoms with van der Waals surface area (Å²) in [6, 6.07) is 9.55. The van der Waals surface area contributed by atoms with Gasteiger partial charge in [0.1, 0.15) is 22.2 Å². The van der Waals surface area contributed by atoms with Gasteiger partial charge in [0.25, 0.3) is 0 Å². The van der Waals surface area contributed by atoms with Gasteiger partial charge < -0.3 is 15.4 Å². The van der Waals surface area contributed by atoms with E-state index in [1.165, 1.54) is 6.26 Å². The predicted octanol–water partition coefficient (Wildman–Crippen LogP) is 1.28. The van der Waals surface area contributed by atoms with Crippen LogP contribution in [0.5, 0.6) is 5.75 Å². The van der Waals surface area contributed by atoms with Crippen LogP contribution in [0.3, 0.4) is 0 Å². The van der Waals surface area contributed by atoms with Gasteiger partial charge in [0, 0.05) is 12.8 Å². The van der Waals surface area contributed by atoms with Gasteiger partial charge in [-0.1, -0.05) is 18.2 Å². The first-order valence-electron chi connectivity index (χ1n) is 6.89. The SMILES string of the molecule is CCNC(=NCCS(C)(=O)=O)NCCOc1ccccc1.I. The van der Waals surface area contributed by atoms with Crippen molar-refractivity contribution in [3.05, 3.63) is 30.3 Å². The Balaban J connectivity index is 0.00000441. The molecule has 0 aliphatic rings. The summed E-state index contributed by atoms with van der Waals surface area (Å²) in [6.07, 6.45) is 1.20. The molecule has 0 heterocycles. The number of rotatable bonds is 8. The number of benzene rings is 1. The summed E-state index contributed by atoms with van der Waals surface area (Å²) in [5.74, 6) is 1.46. The summed E-state index contributed by atoms with van der Waals surface area (Å²) >= 11 is 0. The van der Waals surface area contributed by atoms with E-state index in [1.54, 1.807) is 0 Å². The van der Waals surface area contributed by atoms with Gasteiger partial charge >= 0.3 is 0 Å². The molecule has 0 spiro atoms. The minimum absolute atomic E-state index is 0. The average molecular weight is 441 g/mol. The van der Waals surface area contributed by atoms with Crippen molar-refractivity contribution in [3.8, 4) is 5.75 Å². The van der Waals surface area contributed by atoms with E-state index in [2.05, 4.69) is 15.6 Å². The third kappa shape index (κ3) is 10.7. The first-order valence-corrected chi connectivity index (χ1v) is 8.95. The van der Waals surface area contributed by atoms with Crippen molar-refractivity contribution < 1.29 is 13.2 Å². The number of sulfone groups is 1. The fraction of sp³-hybridized carbons (Fsp3) is 0.500. The highest BCUT2D eigenvalue weighted by Crippen LogP contribution is 2.07. The lowest BCUT2D eigenvalue weighted by Gasteiger charge is -2.12. The lowest BCUT2D eigenvalue weighted by molar-refractivity contribution is 0.322. The quantitative estimate of drug-likeness (QED) is 0.275. The van der Waals surface area contributed by atoms with E-state index in [1.807, 2.05) is 37.3 Å². The number of para-hydroxylation sites is 1. The van der Waals surface area contributed by atoms with Gasteiger partial charge in [0.15, 0.2) is 5.96 Å². The molecule has 0 bridgehead atoms. The molecule has 126 valence electrons. The van der Waals surface area contributed by atoms with Crippen molar-refractivity contribution in [2.24, 2.45) is 4.99 Å². The maximum absolute atomic E-state index is 11.1. The van der Waals surface area contributed by atoms with Crippen molar-refractivity contribution >= 4 is 39.8 Å². The molecule has 2 N–H and O–H groups in total. The van der Waals surface area contributed by atoms with Crippen LogP contribution in [0.4, 0.5) is 0 Å². The zero-order valence-corrected chi connectivity index (χ0v) is 16.1. The molecular formula is C14H24IN3O3S. The number of halogens is 1. The Bertz CT molecular complexity index is 536. The Hall–Kier alpha value is -1.03. The number of nitrogens with one attached hydrogen (secondary N) is 2. The van der Waals surface area contributed by atoms with Crippen LogP contribution in [0, 0.1) is 0 Å². The zero-order chi connectivity index (χ0) is 15.6. The smallest absolute Gasteiger partial charge is 0.191 e. The Morgan fingerprint density at radius 1 is 1.23 bits per heavy atom. The van der Waals surface area contributed by atoms with Crippen LogP contribution >= 0.6 is 24.0 Å². The molecule has 0 amide bonds. The van der Waals surface area contributed by atoms with E-state index < -0.39 is 9.84 Å². The molecule has 8 heteroatoms. The number of ether oxygens (including phenoxy) is 1. The summed E-state index contributed by atoms with van der Waals surface area (Å²) in [7, 11) is -2.98. The number of hydrogen-bond acceptors (Lipinski definition) is 4. The van der Waals surface area contributed by atoms with Crippen LogP contribution in [0.1, 0.15) is 6.92 Å². The number of guanidine groups is 1. The molecular weight excluding hydrogens is 417 g/mol. The van der Waals surface area contributed by atoms with Crippen molar-refractivity contribution in [2.45, 2.75) is 6.92 Å². The van der Waals surface area contributed by atoms with Gasteiger partial charge in [-0.25, -0.2) is 8.42 Å². The van der Waals surface area contributed by atoms with Crippen LogP contribution in [0.15, 0.2) is 35.3 Å². The summed E-state index contributed by atoms with van der Waals surface area (Å²) in [4.78, 5) is 4.20. The lowest BCUT2D eigenvalue weighted by atomic mass is 10.3. The molecule has 0 atom stereocenters. The van der Waals surface area contributed by atoms with Crippen molar-refractivity contribution in [1.82, 2.24) is 10.6 Å². The molecule has 0 saturated heterocycles. The third-order valence-electron chi connectivity index (χ3n) is 2.48. The molecule has 1 aromatic carbocycles. The second kappa shape index (κ2) is 11.5. The second-order valence-electron chi connectivity index (χ2n) is 4.48. The number of nitrogens with zero attached hydrogens (tertiary/aromatic N) is 1. The second-order valence-corrected chi connectivity index (χ2v) is 6.74. The van der Waals surface area contributed by atoms with Gasteiger partial charge in [-0.15, -0.1) is 24.0 Å². The maximum atomic E-state index is 11.1. The molecule has 0 unspecified atom stereocenters. The topological polar surface area (TPSA) is 79.8 Å². The van der Waals surface area contributed by atoms with Crippen molar-refractivity contribution in [1.29, 1.82) is 0 Å². The summed E-state index contributed by atoms with van der Waals surface area (Å²) in [5.41, 5.74) is 0. The molecule has 6 nitrogen and oxygen atoms in total. The standard InChI is InChI=1S/C14H23N3O3S.HI/c1-3-15-14(17-10-12-21(2,18)19)16-9-11-20-13-7-5-4-6-8-13;/h4-8H,3,9-12H2,1-2H3,(H2,15,16,17);1H. The fourth-order valence-electron chi connectivity index (χ4n) is 1.52. The molecule has 0 aromatic heterocycles. The van der Waals surface area contributed by atoms with Crippen molar-refractivity contribution in [3.63, 3.8) is 0 Å². The molecule has 0 fully saturated rings. The van der Waals surface area contributed by atoms with Gasteiger partial charge in [0.2, 0.25) is 0 Å². The average Bonchev–Trinajstić information content (AvgIpc) is 2.43. The van der Waals surface area contributed by atoms with Crippen LogP contribution in [-0.2, 0) is 9.84 Å². The Kier molecular flexibility index (Phi) is 11.0. The minimum Gasteiger partial charge on any atom is -0.492 e. The first-order chi connectivity index (χ1) is 10.0. The van der Waals surface area contributed by atoms with E-state index >= 15 is 0 Å². The van der Waals surface area contributed by atoms with Gasteiger partial charge in [0.05, 0.1) is 18.8 Å². The molecule has 0 radical (unpaired) electrons.